The zero-order valence-corrected chi connectivity index (χ0v) is 10.3. The highest BCUT2D eigenvalue weighted by Crippen LogP contribution is 2.25. The van der Waals surface area contributed by atoms with E-state index < -0.39 is 5.97 Å². The molecule has 0 spiro atoms. The summed E-state index contributed by atoms with van der Waals surface area (Å²) in [6, 6.07) is 0.369. The van der Waals surface area contributed by atoms with E-state index in [1.807, 2.05) is 7.05 Å². The summed E-state index contributed by atoms with van der Waals surface area (Å²) in [6.07, 6.45) is 4.84. The number of urea groups is 1. The third-order valence-corrected chi connectivity index (χ3v) is 3.97. The topological polar surface area (TPSA) is 60.9 Å². The number of nitrogens with zero attached hydrogens (tertiary/aromatic N) is 2. The van der Waals surface area contributed by atoms with Gasteiger partial charge in [-0.15, -0.1) is 0 Å². The Morgan fingerprint density at radius 1 is 1.24 bits per heavy atom. The number of carbonyl (C=O) groups excluding carboxylic acids is 1. The first-order chi connectivity index (χ1) is 8.09. The third-order valence-electron chi connectivity index (χ3n) is 3.97. The van der Waals surface area contributed by atoms with Crippen molar-refractivity contribution < 1.29 is 14.7 Å². The van der Waals surface area contributed by atoms with E-state index in [4.69, 9.17) is 5.11 Å². The van der Waals surface area contributed by atoms with Crippen LogP contribution < -0.4 is 0 Å². The lowest BCUT2D eigenvalue weighted by Gasteiger charge is -2.40. The van der Waals surface area contributed by atoms with Crippen molar-refractivity contribution in [1.29, 1.82) is 0 Å². The molecule has 0 radical (unpaired) electrons. The fraction of sp³-hybridized carbons (Fsp3) is 0.833. The third kappa shape index (κ3) is 2.53. The summed E-state index contributed by atoms with van der Waals surface area (Å²) in [6.45, 7) is 1.06. The molecular weight excluding hydrogens is 220 g/mol. The van der Waals surface area contributed by atoms with E-state index >= 15 is 0 Å². The second kappa shape index (κ2) is 4.94. The quantitative estimate of drug-likeness (QED) is 0.793. The van der Waals surface area contributed by atoms with Crippen LogP contribution in [0.5, 0.6) is 0 Å². The Bertz CT molecular complexity index is 315. The van der Waals surface area contributed by atoms with E-state index in [1.54, 1.807) is 9.80 Å². The van der Waals surface area contributed by atoms with Crippen LogP contribution in [0, 0.1) is 5.92 Å². The van der Waals surface area contributed by atoms with Crippen molar-refractivity contribution in [3.8, 4) is 0 Å². The summed E-state index contributed by atoms with van der Waals surface area (Å²) < 4.78 is 0. The maximum Gasteiger partial charge on any atom is 0.320 e. The highest BCUT2D eigenvalue weighted by atomic mass is 16.4. The van der Waals surface area contributed by atoms with E-state index in [2.05, 4.69) is 0 Å². The number of hydrogen-bond donors (Lipinski definition) is 1. The standard InChI is InChI=1S/C12H20N2O3/c1-13(10-5-2-6-10)12(17)14-7-3-4-9(8-14)11(15)16/h9-10H,2-8H2,1H3,(H,15,16)/t9-/m1/s1. The molecule has 1 saturated carbocycles. The van der Waals surface area contributed by atoms with Crippen molar-refractivity contribution in [3.05, 3.63) is 0 Å². The summed E-state index contributed by atoms with van der Waals surface area (Å²) in [4.78, 5) is 26.6. The SMILES string of the molecule is CN(C(=O)N1CCC[C@@H](C(=O)O)C1)C1CCC1. The molecule has 0 unspecified atom stereocenters. The molecule has 1 saturated heterocycles. The van der Waals surface area contributed by atoms with Crippen LogP contribution in [0.25, 0.3) is 0 Å². The van der Waals surface area contributed by atoms with Gasteiger partial charge < -0.3 is 14.9 Å². The zero-order chi connectivity index (χ0) is 12.4. The monoisotopic (exact) mass is 240 g/mol. The molecule has 2 fully saturated rings. The Morgan fingerprint density at radius 3 is 2.47 bits per heavy atom. The van der Waals surface area contributed by atoms with Gasteiger partial charge >= 0.3 is 12.0 Å². The Morgan fingerprint density at radius 2 is 1.94 bits per heavy atom. The number of carboxylic acid groups (broad SMARTS) is 1. The lowest BCUT2D eigenvalue weighted by Crippen LogP contribution is -2.51. The normalized spacial score (nSPS) is 25.2. The first kappa shape index (κ1) is 12.2. The number of piperidine rings is 1. The molecule has 5 nitrogen and oxygen atoms in total. The minimum Gasteiger partial charge on any atom is -0.481 e. The van der Waals surface area contributed by atoms with Gasteiger partial charge in [-0.3, -0.25) is 4.79 Å². The van der Waals surface area contributed by atoms with Crippen LogP contribution in [0.15, 0.2) is 0 Å². The van der Waals surface area contributed by atoms with Gasteiger partial charge in [-0.05, 0) is 32.1 Å². The van der Waals surface area contributed by atoms with E-state index in [0.29, 0.717) is 25.6 Å². The molecule has 17 heavy (non-hydrogen) atoms. The number of rotatable bonds is 2. The summed E-state index contributed by atoms with van der Waals surface area (Å²) >= 11 is 0. The summed E-state index contributed by atoms with van der Waals surface area (Å²) in [5.74, 6) is -1.17. The highest BCUT2D eigenvalue weighted by molar-refractivity contribution is 5.76. The van der Waals surface area contributed by atoms with Gasteiger partial charge in [-0.25, -0.2) is 4.79 Å². The summed E-state index contributed by atoms with van der Waals surface area (Å²) in [5, 5.41) is 8.99. The highest BCUT2D eigenvalue weighted by Gasteiger charge is 2.33. The van der Waals surface area contributed by atoms with Crippen molar-refractivity contribution in [2.45, 2.75) is 38.1 Å². The summed E-state index contributed by atoms with van der Waals surface area (Å²) in [5.41, 5.74) is 0. The van der Waals surface area contributed by atoms with Gasteiger partial charge in [0.25, 0.3) is 0 Å². The van der Waals surface area contributed by atoms with Crippen molar-refractivity contribution in [3.63, 3.8) is 0 Å². The molecule has 1 heterocycles. The molecule has 0 bridgehead atoms. The van der Waals surface area contributed by atoms with Crippen molar-refractivity contribution >= 4 is 12.0 Å². The lowest BCUT2D eigenvalue weighted by atomic mass is 9.92. The van der Waals surface area contributed by atoms with Gasteiger partial charge in [0.1, 0.15) is 0 Å². The Kier molecular flexibility index (Phi) is 3.54. The van der Waals surface area contributed by atoms with E-state index in [9.17, 15) is 9.59 Å². The zero-order valence-electron chi connectivity index (χ0n) is 10.3. The average Bonchev–Trinajstić information content (AvgIpc) is 2.25. The Balaban J connectivity index is 1.91. The van der Waals surface area contributed by atoms with Crippen molar-refractivity contribution in [2.75, 3.05) is 20.1 Å². The smallest absolute Gasteiger partial charge is 0.320 e. The number of amides is 2. The molecule has 0 aromatic carbocycles. The van der Waals surface area contributed by atoms with Gasteiger partial charge in [0.05, 0.1) is 5.92 Å². The molecule has 1 aliphatic carbocycles. The molecule has 2 amide bonds. The second-order valence-electron chi connectivity index (χ2n) is 5.10. The number of hydrogen-bond acceptors (Lipinski definition) is 2. The number of aliphatic carboxylic acids is 1. The largest absolute Gasteiger partial charge is 0.481 e. The lowest BCUT2D eigenvalue weighted by molar-refractivity contribution is -0.143. The van der Waals surface area contributed by atoms with Crippen LogP contribution in [-0.4, -0.2) is 53.1 Å². The minimum absolute atomic E-state index is 0.000602. The second-order valence-corrected chi connectivity index (χ2v) is 5.10. The number of likely N-dealkylation sites (tertiary alicyclic amines) is 1. The van der Waals surface area contributed by atoms with Crippen LogP contribution in [0.3, 0.4) is 0 Å². The maximum absolute atomic E-state index is 12.2. The fourth-order valence-corrected chi connectivity index (χ4v) is 2.51. The van der Waals surface area contributed by atoms with Crippen LogP contribution in [0.4, 0.5) is 4.79 Å². The van der Waals surface area contributed by atoms with Crippen LogP contribution in [0.2, 0.25) is 0 Å². The Hall–Kier alpha value is -1.26. The first-order valence-corrected chi connectivity index (χ1v) is 6.34. The molecule has 0 aromatic heterocycles. The molecule has 2 rings (SSSR count). The molecular formula is C12H20N2O3. The molecule has 1 atom stereocenters. The molecule has 96 valence electrons. The van der Waals surface area contributed by atoms with Crippen LogP contribution in [0.1, 0.15) is 32.1 Å². The van der Waals surface area contributed by atoms with Crippen molar-refractivity contribution in [1.82, 2.24) is 9.80 Å². The van der Waals surface area contributed by atoms with Crippen molar-refractivity contribution in [2.24, 2.45) is 5.92 Å². The molecule has 1 N–H and O–H groups in total. The summed E-state index contributed by atoms with van der Waals surface area (Å²) in [7, 11) is 1.83. The number of carboxylic acids is 1. The van der Waals surface area contributed by atoms with Gasteiger partial charge in [0.2, 0.25) is 0 Å². The van der Waals surface area contributed by atoms with Crippen LogP contribution in [-0.2, 0) is 4.79 Å². The number of carbonyl (C=O) groups is 2. The van der Waals surface area contributed by atoms with Gasteiger partial charge in [-0.1, -0.05) is 0 Å². The molecule has 0 aromatic rings. The predicted octanol–water partition coefficient (Wildman–Crippen LogP) is 1.39. The predicted molar refractivity (Wildman–Crippen MR) is 62.7 cm³/mol. The van der Waals surface area contributed by atoms with E-state index in [1.165, 1.54) is 6.42 Å². The fourth-order valence-electron chi connectivity index (χ4n) is 2.51. The van der Waals surface area contributed by atoms with E-state index in [0.717, 1.165) is 19.3 Å². The maximum atomic E-state index is 12.2. The van der Waals surface area contributed by atoms with E-state index in [-0.39, 0.29) is 11.9 Å². The van der Waals surface area contributed by atoms with Crippen LogP contribution >= 0.6 is 0 Å². The molecule has 5 heteroatoms. The van der Waals surface area contributed by atoms with Gasteiger partial charge in [0.15, 0.2) is 0 Å². The first-order valence-electron chi connectivity index (χ1n) is 6.34. The Labute approximate surface area is 101 Å². The van der Waals surface area contributed by atoms with Gasteiger partial charge in [-0.2, -0.15) is 0 Å². The minimum atomic E-state index is -0.784. The van der Waals surface area contributed by atoms with Gasteiger partial charge in [0, 0.05) is 26.2 Å². The average molecular weight is 240 g/mol. The molecule has 2 aliphatic rings. The molecule has 1 aliphatic heterocycles.